The zero-order chi connectivity index (χ0) is 17.5. The van der Waals surface area contributed by atoms with E-state index in [1.165, 1.54) is 0 Å². The largest absolute Gasteiger partial charge is 0.452 e. The molecule has 7 heteroatoms. The SMILES string of the molecule is CC(C)NC(=O)CNC(=O)COC(=O)c1cccc2cccnc12. The molecule has 0 saturated carbocycles. The summed E-state index contributed by atoms with van der Waals surface area (Å²) in [5.41, 5.74) is 0.806. The van der Waals surface area contributed by atoms with Gasteiger partial charge in [0.1, 0.15) is 0 Å². The van der Waals surface area contributed by atoms with E-state index in [1.54, 1.807) is 24.4 Å². The Hall–Kier alpha value is -2.96. The predicted molar refractivity (Wildman–Crippen MR) is 88.3 cm³/mol. The van der Waals surface area contributed by atoms with E-state index in [2.05, 4.69) is 15.6 Å². The average molecular weight is 329 g/mol. The molecule has 126 valence electrons. The van der Waals surface area contributed by atoms with Crippen LogP contribution in [0.4, 0.5) is 0 Å². The third-order valence-corrected chi connectivity index (χ3v) is 3.08. The number of para-hydroxylation sites is 1. The second-order valence-electron chi connectivity index (χ2n) is 5.46. The third kappa shape index (κ3) is 4.77. The molecule has 2 amide bonds. The van der Waals surface area contributed by atoms with Crippen molar-refractivity contribution in [2.45, 2.75) is 19.9 Å². The quantitative estimate of drug-likeness (QED) is 0.772. The fraction of sp³-hybridized carbons (Fsp3) is 0.294. The molecule has 0 spiro atoms. The molecule has 0 atom stereocenters. The highest BCUT2D eigenvalue weighted by molar-refractivity contribution is 6.03. The lowest BCUT2D eigenvalue weighted by Crippen LogP contribution is -2.41. The summed E-state index contributed by atoms with van der Waals surface area (Å²) in [6.07, 6.45) is 1.58. The van der Waals surface area contributed by atoms with Crippen LogP contribution in [0.25, 0.3) is 10.9 Å². The number of pyridine rings is 1. The van der Waals surface area contributed by atoms with E-state index in [4.69, 9.17) is 4.74 Å². The number of benzene rings is 1. The highest BCUT2D eigenvalue weighted by atomic mass is 16.5. The van der Waals surface area contributed by atoms with Gasteiger partial charge in [0.05, 0.1) is 17.6 Å². The summed E-state index contributed by atoms with van der Waals surface area (Å²) in [6.45, 7) is 3.01. The van der Waals surface area contributed by atoms with Gasteiger partial charge in [-0.25, -0.2) is 4.79 Å². The number of nitrogens with one attached hydrogen (secondary N) is 2. The van der Waals surface area contributed by atoms with Gasteiger partial charge in [0.2, 0.25) is 5.91 Å². The van der Waals surface area contributed by atoms with E-state index >= 15 is 0 Å². The molecular weight excluding hydrogens is 310 g/mol. The van der Waals surface area contributed by atoms with Crippen molar-refractivity contribution in [2.75, 3.05) is 13.2 Å². The van der Waals surface area contributed by atoms with Crippen molar-refractivity contribution in [1.82, 2.24) is 15.6 Å². The average Bonchev–Trinajstić information content (AvgIpc) is 2.56. The zero-order valence-electron chi connectivity index (χ0n) is 13.5. The third-order valence-electron chi connectivity index (χ3n) is 3.08. The zero-order valence-corrected chi connectivity index (χ0v) is 13.5. The number of ether oxygens (including phenoxy) is 1. The summed E-state index contributed by atoms with van der Waals surface area (Å²) in [5.74, 6) is -1.49. The van der Waals surface area contributed by atoms with E-state index < -0.39 is 18.5 Å². The van der Waals surface area contributed by atoms with Crippen LogP contribution in [0.1, 0.15) is 24.2 Å². The van der Waals surface area contributed by atoms with Gasteiger partial charge in [-0.3, -0.25) is 14.6 Å². The number of hydrogen-bond donors (Lipinski definition) is 2. The van der Waals surface area contributed by atoms with Crippen LogP contribution in [-0.4, -0.2) is 42.0 Å². The predicted octanol–water partition coefficient (Wildman–Crippen LogP) is 1.03. The number of fused-ring (bicyclic) bond motifs is 1. The smallest absolute Gasteiger partial charge is 0.340 e. The summed E-state index contributed by atoms with van der Waals surface area (Å²) in [5, 5.41) is 5.83. The van der Waals surface area contributed by atoms with Gasteiger partial charge in [-0.1, -0.05) is 18.2 Å². The van der Waals surface area contributed by atoms with E-state index in [9.17, 15) is 14.4 Å². The Morgan fingerprint density at radius 1 is 1.12 bits per heavy atom. The van der Waals surface area contributed by atoms with Crippen LogP contribution >= 0.6 is 0 Å². The fourth-order valence-corrected chi connectivity index (χ4v) is 2.08. The molecule has 2 N–H and O–H groups in total. The van der Waals surface area contributed by atoms with Crippen molar-refractivity contribution in [1.29, 1.82) is 0 Å². The Balaban J connectivity index is 1.88. The molecule has 1 heterocycles. The lowest BCUT2D eigenvalue weighted by Gasteiger charge is -2.10. The van der Waals surface area contributed by atoms with Crippen molar-refractivity contribution < 1.29 is 19.1 Å². The van der Waals surface area contributed by atoms with Crippen molar-refractivity contribution in [3.63, 3.8) is 0 Å². The minimum atomic E-state index is -0.638. The maximum atomic E-state index is 12.1. The first-order chi connectivity index (χ1) is 11.5. The number of nitrogens with zero attached hydrogens (tertiary/aromatic N) is 1. The molecule has 1 aromatic carbocycles. The number of aromatic nitrogens is 1. The number of rotatable bonds is 6. The lowest BCUT2D eigenvalue weighted by atomic mass is 10.1. The van der Waals surface area contributed by atoms with Crippen LogP contribution in [0, 0.1) is 0 Å². The number of amides is 2. The maximum absolute atomic E-state index is 12.1. The highest BCUT2D eigenvalue weighted by Crippen LogP contribution is 2.16. The van der Waals surface area contributed by atoms with Crippen molar-refractivity contribution in [3.8, 4) is 0 Å². The second kappa shape index (κ2) is 8.05. The summed E-state index contributed by atoms with van der Waals surface area (Å²) in [4.78, 5) is 39.4. The minimum absolute atomic E-state index is 0.00825. The van der Waals surface area contributed by atoms with Crippen LogP contribution in [0.3, 0.4) is 0 Å². The first kappa shape index (κ1) is 17.4. The van der Waals surface area contributed by atoms with Gasteiger partial charge in [0.15, 0.2) is 6.61 Å². The summed E-state index contributed by atoms with van der Waals surface area (Å²) >= 11 is 0. The van der Waals surface area contributed by atoms with E-state index in [0.29, 0.717) is 11.1 Å². The van der Waals surface area contributed by atoms with E-state index in [1.807, 2.05) is 26.0 Å². The molecule has 0 fully saturated rings. The Kier molecular flexibility index (Phi) is 5.83. The molecule has 0 aliphatic rings. The monoisotopic (exact) mass is 329 g/mol. The minimum Gasteiger partial charge on any atom is -0.452 e. The molecule has 0 unspecified atom stereocenters. The molecule has 2 aromatic rings. The Morgan fingerprint density at radius 2 is 1.88 bits per heavy atom. The molecular formula is C17H19N3O4. The highest BCUT2D eigenvalue weighted by Gasteiger charge is 2.14. The summed E-state index contributed by atoms with van der Waals surface area (Å²) in [6, 6.07) is 8.74. The van der Waals surface area contributed by atoms with Crippen LogP contribution in [0.5, 0.6) is 0 Å². The number of esters is 1. The molecule has 2 rings (SSSR count). The van der Waals surface area contributed by atoms with Crippen LogP contribution in [-0.2, 0) is 14.3 Å². The topological polar surface area (TPSA) is 97.4 Å². The van der Waals surface area contributed by atoms with E-state index in [0.717, 1.165) is 5.39 Å². The lowest BCUT2D eigenvalue weighted by molar-refractivity contribution is -0.128. The fourth-order valence-electron chi connectivity index (χ4n) is 2.08. The Labute approximate surface area is 139 Å². The van der Waals surface area contributed by atoms with Crippen LogP contribution < -0.4 is 10.6 Å². The van der Waals surface area contributed by atoms with Gasteiger partial charge in [0, 0.05) is 17.6 Å². The molecule has 7 nitrogen and oxygen atoms in total. The normalized spacial score (nSPS) is 10.5. The number of carbonyl (C=O) groups excluding carboxylic acids is 3. The van der Waals surface area contributed by atoms with Crippen LogP contribution in [0.15, 0.2) is 36.5 Å². The van der Waals surface area contributed by atoms with Gasteiger partial charge in [-0.15, -0.1) is 0 Å². The Morgan fingerprint density at radius 3 is 2.62 bits per heavy atom. The maximum Gasteiger partial charge on any atom is 0.340 e. The van der Waals surface area contributed by atoms with Crippen molar-refractivity contribution in [3.05, 3.63) is 42.1 Å². The van der Waals surface area contributed by atoms with Gasteiger partial charge < -0.3 is 15.4 Å². The molecule has 0 saturated heterocycles. The van der Waals surface area contributed by atoms with E-state index in [-0.39, 0.29) is 18.5 Å². The second-order valence-corrected chi connectivity index (χ2v) is 5.46. The molecule has 0 aliphatic carbocycles. The van der Waals surface area contributed by atoms with Crippen LogP contribution in [0.2, 0.25) is 0 Å². The number of hydrogen-bond acceptors (Lipinski definition) is 5. The first-order valence-corrected chi connectivity index (χ1v) is 7.54. The molecule has 0 radical (unpaired) electrons. The van der Waals surface area contributed by atoms with Gasteiger partial charge >= 0.3 is 5.97 Å². The van der Waals surface area contributed by atoms with Crippen molar-refractivity contribution in [2.24, 2.45) is 0 Å². The van der Waals surface area contributed by atoms with Crippen molar-refractivity contribution >= 4 is 28.7 Å². The van der Waals surface area contributed by atoms with Gasteiger partial charge in [-0.05, 0) is 26.0 Å². The molecule has 0 bridgehead atoms. The first-order valence-electron chi connectivity index (χ1n) is 7.54. The van der Waals surface area contributed by atoms with Gasteiger partial charge in [0.25, 0.3) is 5.91 Å². The standard InChI is InChI=1S/C17H19N3O4/c1-11(2)20-14(21)9-19-15(22)10-24-17(23)13-7-3-5-12-6-4-8-18-16(12)13/h3-8,11H,9-10H2,1-2H3,(H,19,22)(H,20,21). The number of carbonyl (C=O) groups is 3. The van der Waals surface area contributed by atoms with Gasteiger partial charge in [-0.2, -0.15) is 0 Å². The Bertz CT molecular complexity index is 753. The molecule has 24 heavy (non-hydrogen) atoms. The molecule has 0 aliphatic heterocycles. The molecule has 1 aromatic heterocycles. The summed E-state index contributed by atoms with van der Waals surface area (Å²) < 4.78 is 4.99. The summed E-state index contributed by atoms with van der Waals surface area (Å²) in [7, 11) is 0.